The molecule has 1 rings (SSSR count). The lowest BCUT2D eigenvalue weighted by Gasteiger charge is -2.27. The fourth-order valence-corrected chi connectivity index (χ4v) is 2.40. The quantitative estimate of drug-likeness (QED) is 0.662. The number of nitrogens with two attached hydrogens (primary N) is 1. The normalized spacial score (nSPS) is 26.2. The van der Waals surface area contributed by atoms with Gasteiger partial charge < -0.3 is 16.2 Å². The molecule has 17 heavy (non-hydrogen) atoms. The highest BCUT2D eigenvalue weighted by molar-refractivity contribution is 5.85. The van der Waals surface area contributed by atoms with Crippen LogP contribution >= 0.6 is 0 Å². The van der Waals surface area contributed by atoms with E-state index in [1.165, 1.54) is 12.8 Å². The smallest absolute Gasteiger partial charge is 0.305 e. The van der Waals surface area contributed by atoms with Gasteiger partial charge in [-0.1, -0.05) is 19.8 Å². The van der Waals surface area contributed by atoms with Crippen molar-refractivity contribution in [3.8, 4) is 0 Å². The number of carboxylic acids is 1. The van der Waals surface area contributed by atoms with Crippen molar-refractivity contribution in [2.45, 2.75) is 45.1 Å². The van der Waals surface area contributed by atoms with Crippen molar-refractivity contribution in [3.63, 3.8) is 0 Å². The summed E-state index contributed by atoms with van der Waals surface area (Å²) in [7, 11) is 0. The number of amides is 1. The number of carbonyl (C=O) groups excluding carboxylic acids is 1. The van der Waals surface area contributed by atoms with Crippen molar-refractivity contribution in [1.29, 1.82) is 0 Å². The fourth-order valence-electron chi connectivity index (χ4n) is 2.40. The minimum absolute atomic E-state index is 0.313. The van der Waals surface area contributed by atoms with Gasteiger partial charge >= 0.3 is 5.97 Å². The number of rotatable bonds is 5. The third-order valence-corrected chi connectivity index (χ3v) is 3.34. The van der Waals surface area contributed by atoms with Crippen molar-refractivity contribution in [1.82, 2.24) is 5.32 Å². The molecule has 1 fully saturated rings. The zero-order chi connectivity index (χ0) is 12.8. The van der Waals surface area contributed by atoms with Crippen LogP contribution in [0.3, 0.4) is 0 Å². The average Bonchev–Trinajstić information content (AvgIpc) is 2.25. The minimum atomic E-state index is -1.04. The lowest BCUT2D eigenvalue weighted by molar-refractivity contribution is -0.139. The van der Waals surface area contributed by atoms with Gasteiger partial charge in [0, 0.05) is 6.54 Å². The second kappa shape index (κ2) is 6.59. The first-order valence-corrected chi connectivity index (χ1v) is 6.24. The van der Waals surface area contributed by atoms with Gasteiger partial charge in [0.2, 0.25) is 5.91 Å². The number of nitrogens with one attached hydrogen (secondary N) is 1. The maximum Gasteiger partial charge on any atom is 0.305 e. The van der Waals surface area contributed by atoms with E-state index < -0.39 is 12.0 Å². The van der Waals surface area contributed by atoms with E-state index in [9.17, 15) is 9.59 Å². The molecule has 0 saturated heterocycles. The Kier molecular flexibility index (Phi) is 5.41. The summed E-state index contributed by atoms with van der Waals surface area (Å²) in [6.45, 7) is 2.85. The topological polar surface area (TPSA) is 92.4 Å². The van der Waals surface area contributed by atoms with Crippen LogP contribution < -0.4 is 11.1 Å². The molecule has 3 unspecified atom stereocenters. The van der Waals surface area contributed by atoms with E-state index in [4.69, 9.17) is 10.8 Å². The van der Waals surface area contributed by atoms with E-state index in [0.29, 0.717) is 12.5 Å². The fraction of sp³-hybridized carbons (Fsp3) is 0.833. The molecule has 0 aromatic carbocycles. The first-order valence-electron chi connectivity index (χ1n) is 6.24. The van der Waals surface area contributed by atoms with Crippen molar-refractivity contribution >= 4 is 11.9 Å². The van der Waals surface area contributed by atoms with Crippen LogP contribution in [-0.4, -0.2) is 29.6 Å². The molecule has 5 nitrogen and oxygen atoms in total. The maximum absolute atomic E-state index is 11.5. The molecule has 5 heteroatoms. The third-order valence-electron chi connectivity index (χ3n) is 3.34. The molecule has 0 bridgehead atoms. The SMILES string of the molecule is CC1CCCC(CNC(=O)C(N)CC(=O)O)C1. The molecule has 4 N–H and O–H groups in total. The molecule has 1 aliphatic carbocycles. The highest BCUT2D eigenvalue weighted by Crippen LogP contribution is 2.27. The Morgan fingerprint density at radius 2 is 2.18 bits per heavy atom. The van der Waals surface area contributed by atoms with Gasteiger partial charge in [-0.2, -0.15) is 0 Å². The van der Waals surface area contributed by atoms with Crippen molar-refractivity contribution in [2.24, 2.45) is 17.6 Å². The number of hydrogen-bond donors (Lipinski definition) is 3. The summed E-state index contributed by atoms with van der Waals surface area (Å²) in [5, 5.41) is 11.3. The van der Waals surface area contributed by atoms with E-state index in [-0.39, 0.29) is 12.3 Å². The van der Waals surface area contributed by atoms with Gasteiger partial charge in [-0.15, -0.1) is 0 Å². The second-order valence-corrected chi connectivity index (χ2v) is 5.09. The van der Waals surface area contributed by atoms with E-state index in [2.05, 4.69) is 12.2 Å². The Balaban J connectivity index is 2.25. The molecule has 0 aliphatic heterocycles. The zero-order valence-electron chi connectivity index (χ0n) is 10.3. The Hall–Kier alpha value is -1.10. The van der Waals surface area contributed by atoms with Crippen LogP contribution in [0, 0.1) is 11.8 Å². The van der Waals surface area contributed by atoms with Gasteiger partial charge in [0.25, 0.3) is 0 Å². The highest BCUT2D eigenvalue weighted by Gasteiger charge is 2.21. The number of hydrogen-bond acceptors (Lipinski definition) is 3. The second-order valence-electron chi connectivity index (χ2n) is 5.09. The summed E-state index contributed by atoms with van der Waals surface area (Å²) in [6.07, 6.45) is 4.44. The van der Waals surface area contributed by atoms with Crippen LogP contribution in [0.5, 0.6) is 0 Å². The lowest BCUT2D eigenvalue weighted by atomic mass is 9.82. The van der Waals surface area contributed by atoms with Gasteiger partial charge in [0.1, 0.15) is 0 Å². The van der Waals surface area contributed by atoms with Crippen molar-refractivity contribution in [2.75, 3.05) is 6.54 Å². The van der Waals surface area contributed by atoms with Crippen LogP contribution in [0.2, 0.25) is 0 Å². The Labute approximate surface area is 102 Å². The first kappa shape index (κ1) is 14.0. The van der Waals surface area contributed by atoms with E-state index in [1.807, 2.05) is 0 Å². The Morgan fingerprint density at radius 1 is 1.47 bits per heavy atom. The molecule has 1 aliphatic rings. The van der Waals surface area contributed by atoms with Gasteiger partial charge in [-0.05, 0) is 24.7 Å². The van der Waals surface area contributed by atoms with Gasteiger partial charge in [-0.25, -0.2) is 0 Å². The Bertz CT molecular complexity index is 281. The molecule has 0 aromatic heterocycles. The van der Waals surface area contributed by atoms with Gasteiger partial charge in [0.15, 0.2) is 0 Å². The Morgan fingerprint density at radius 3 is 2.76 bits per heavy atom. The van der Waals surface area contributed by atoms with Crippen molar-refractivity contribution in [3.05, 3.63) is 0 Å². The van der Waals surface area contributed by atoms with Crippen LogP contribution in [0.25, 0.3) is 0 Å². The number of carboxylic acid groups (broad SMARTS) is 1. The molecule has 0 heterocycles. The summed E-state index contributed by atoms with van der Waals surface area (Å²) in [5.74, 6) is -0.164. The van der Waals surface area contributed by atoms with Crippen molar-refractivity contribution < 1.29 is 14.7 Å². The van der Waals surface area contributed by atoms with Gasteiger partial charge in [-0.3, -0.25) is 9.59 Å². The standard InChI is InChI=1S/C12H22N2O3/c1-8-3-2-4-9(5-8)7-14-12(17)10(13)6-11(15)16/h8-10H,2-7,13H2,1H3,(H,14,17)(H,15,16). The summed E-state index contributed by atoms with van der Waals surface area (Å²) < 4.78 is 0. The molecular formula is C12H22N2O3. The summed E-state index contributed by atoms with van der Waals surface area (Å²) in [4.78, 5) is 21.9. The van der Waals surface area contributed by atoms with Crippen LogP contribution in [0.4, 0.5) is 0 Å². The molecule has 1 saturated carbocycles. The zero-order valence-corrected chi connectivity index (χ0v) is 10.3. The molecule has 0 spiro atoms. The summed E-state index contributed by atoms with van der Waals surface area (Å²) in [6, 6.07) is -0.937. The summed E-state index contributed by atoms with van der Waals surface area (Å²) >= 11 is 0. The van der Waals surface area contributed by atoms with Crippen LogP contribution in [0.15, 0.2) is 0 Å². The highest BCUT2D eigenvalue weighted by atomic mass is 16.4. The average molecular weight is 242 g/mol. The molecule has 3 atom stereocenters. The molecule has 0 aromatic rings. The monoisotopic (exact) mass is 242 g/mol. The van der Waals surface area contributed by atoms with Crippen LogP contribution in [-0.2, 0) is 9.59 Å². The minimum Gasteiger partial charge on any atom is -0.481 e. The van der Waals surface area contributed by atoms with Crippen LogP contribution in [0.1, 0.15) is 39.0 Å². The first-order chi connectivity index (χ1) is 7.99. The molecular weight excluding hydrogens is 220 g/mol. The predicted molar refractivity (Wildman–Crippen MR) is 64.4 cm³/mol. The molecule has 1 amide bonds. The lowest BCUT2D eigenvalue weighted by Crippen LogP contribution is -2.43. The largest absolute Gasteiger partial charge is 0.481 e. The predicted octanol–water partition coefficient (Wildman–Crippen LogP) is 0.731. The van der Waals surface area contributed by atoms with Gasteiger partial charge in [0.05, 0.1) is 12.5 Å². The van der Waals surface area contributed by atoms with E-state index >= 15 is 0 Å². The number of carbonyl (C=O) groups is 2. The maximum atomic E-state index is 11.5. The number of aliphatic carboxylic acids is 1. The van der Waals surface area contributed by atoms with E-state index in [0.717, 1.165) is 18.8 Å². The summed E-state index contributed by atoms with van der Waals surface area (Å²) in [5.41, 5.74) is 5.47. The third kappa shape index (κ3) is 5.17. The van der Waals surface area contributed by atoms with E-state index in [1.54, 1.807) is 0 Å². The molecule has 0 radical (unpaired) electrons. The molecule has 98 valence electrons.